The molecule has 0 N–H and O–H groups in total. The molecular weight excluding hydrogens is 593 g/mol. The molecule has 0 aliphatic carbocycles. The Hall–Kier alpha value is -6.07. The number of fused-ring (bicyclic) bond motifs is 3. The van der Waals surface area contributed by atoms with E-state index in [1.54, 1.807) is 36.4 Å². The standard InChI is InChI=1S/C30H18N3O10P/c34-31(35)25-13-16-28(22-10-4-1-7-19(22)25)41-44(40,42-29-17-14-26(32(36)37)20-8-2-5-11-23(20)29)43-30-18-15-27(33(38)39)21-9-3-6-12-24(21)30/h1-18H. The lowest BCUT2D eigenvalue weighted by Gasteiger charge is -2.21. The van der Waals surface area contributed by atoms with E-state index in [0.29, 0.717) is 0 Å². The average Bonchev–Trinajstić information content (AvgIpc) is 3.01. The molecule has 0 bridgehead atoms. The van der Waals surface area contributed by atoms with E-state index >= 15 is 0 Å². The van der Waals surface area contributed by atoms with Gasteiger partial charge in [-0.2, -0.15) is 4.57 Å². The maximum atomic E-state index is 14.6. The third-order valence-electron chi connectivity index (χ3n) is 6.80. The average molecular weight is 611 g/mol. The van der Waals surface area contributed by atoms with Crippen molar-refractivity contribution in [3.63, 3.8) is 0 Å². The Morgan fingerprint density at radius 3 is 0.909 bits per heavy atom. The first-order valence-corrected chi connectivity index (χ1v) is 14.3. The molecule has 0 fully saturated rings. The summed E-state index contributed by atoms with van der Waals surface area (Å²) < 4.78 is 32.4. The van der Waals surface area contributed by atoms with Crippen LogP contribution in [0.3, 0.4) is 0 Å². The van der Waals surface area contributed by atoms with Crippen LogP contribution in [0.1, 0.15) is 0 Å². The fourth-order valence-electron chi connectivity index (χ4n) is 4.90. The van der Waals surface area contributed by atoms with E-state index in [1.807, 2.05) is 0 Å². The zero-order valence-corrected chi connectivity index (χ0v) is 23.2. The van der Waals surface area contributed by atoms with Gasteiger partial charge < -0.3 is 13.6 Å². The number of hydrogen-bond donors (Lipinski definition) is 0. The van der Waals surface area contributed by atoms with E-state index in [2.05, 4.69) is 0 Å². The summed E-state index contributed by atoms with van der Waals surface area (Å²) in [5, 5.41) is 36.3. The topological polar surface area (TPSA) is 174 Å². The molecule has 14 heteroatoms. The Balaban J connectivity index is 1.52. The molecule has 13 nitrogen and oxygen atoms in total. The molecule has 0 saturated heterocycles. The molecule has 0 aliphatic rings. The molecular formula is C30H18N3O10P. The normalized spacial score (nSPS) is 11.4. The molecule has 44 heavy (non-hydrogen) atoms. The Morgan fingerprint density at radius 1 is 0.409 bits per heavy atom. The van der Waals surface area contributed by atoms with Gasteiger partial charge in [0.25, 0.3) is 17.1 Å². The van der Waals surface area contributed by atoms with Gasteiger partial charge in [-0.1, -0.05) is 54.6 Å². The van der Waals surface area contributed by atoms with Crippen molar-refractivity contribution >= 4 is 57.2 Å². The Kier molecular flexibility index (Phi) is 7.00. The summed E-state index contributed by atoms with van der Waals surface area (Å²) in [6.07, 6.45) is 0. The van der Waals surface area contributed by atoms with Crippen LogP contribution >= 0.6 is 7.82 Å². The molecule has 218 valence electrons. The van der Waals surface area contributed by atoms with Gasteiger partial charge in [-0.05, 0) is 36.4 Å². The largest absolute Gasteiger partial charge is 0.647 e. The first-order valence-electron chi connectivity index (χ1n) is 12.8. The highest BCUT2D eigenvalue weighted by Crippen LogP contribution is 2.54. The monoisotopic (exact) mass is 611 g/mol. The van der Waals surface area contributed by atoms with E-state index in [9.17, 15) is 34.9 Å². The Labute approximate surface area is 246 Å². The first-order chi connectivity index (χ1) is 21.1. The van der Waals surface area contributed by atoms with Crippen molar-refractivity contribution in [2.45, 2.75) is 0 Å². The molecule has 0 spiro atoms. The predicted octanol–water partition coefficient (Wildman–Crippen LogP) is 8.52. The highest BCUT2D eigenvalue weighted by molar-refractivity contribution is 7.49. The summed E-state index contributed by atoms with van der Waals surface area (Å²) in [5.74, 6) is -0.231. The fourth-order valence-corrected chi connectivity index (χ4v) is 6.21. The van der Waals surface area contributed by atoms with Gasteiger partial charge in [-0.15, -0.1) is 0 Å². The smallest absolute Gasteiger partial charge is 0.385 e. The third-order valence-corrected chi connectivity index (χ3v) is 8.06. The summed E-state index contributed by atoms with van der Waals surface area (Å²) in [7, 11) is -4.82. The molecule has 0 radical (unpaired) electrons. The van der Waals surface area contributed by atoms with Gasteiger partial charge in [-0.25, -0.2) is 0 Å². The molecule has 0 aliphatic heterocycles. The van der Waals surface area contributed by atoms with Gasteiger partial charge in [0.15, 0.2) is 0 Å². The summed E-state index contributed by atoms with van der Waals surface area (Å²) in [6, 6.07) is 26.0. The number of non-ortho nitro benzene ring substituents is 3. The molecule has 6 aromatic rings. The molecule has 0 amide bonds. The summed E-state index contributed by atoms with van der Waals surface area (Å²) in [4.78, 5) is 33.3. The van der Waals surface area contributed by atoms with Crippen LogP contribution in [0.5, 0.6) is 17.2 Å². The first kappa shape index (κ1) is 28.1. The van der Waals surface area contributed by atoms with Crippen LogP contribution in [0.4, 0.5) is 17.1 Å². The Bertz CT molecular complexity index is 1960. The van der Waals surface area contributed by atoms with Crippen molar-refractivity contribution in [2.24, 2.45) is 0 Å². The maximum absolute atomic E-state index is 14.6. The number of nitrogens with zero attached hydrogens (tertiary/aromatic N) is 3. The van der Waals surface area contributed by atoms with E-state index < -0.39 is 22.6 Å². The van der Waals surface area contributed by atoms with Gasteiger partial charge in [0.05, 0.1) is 30.9 Å². The number of phosphoric ester groups is 1. The van der Waals surface area contributed by atoms with E-state index in [1.165, 1.54) is 72.8 Å². The minimum absolute atomic E-state index is 0.0769. The zero-order valence-electron chi connectivity index (χ0n) is 22.3. The molecule has 0 atom stereocenters. The van der Waals surface area contributed by atoms with Crippen LogP contribution in [0.15, 0.2) is 109 Å². The number of phosphoric acid groups is 1. The van der Waals surface area contributed by atoms with Gasteiger partial charge in [0.1, 0.15) is 17.2 Å². The number of hydrogen-bond acceptors (Lipinski definition) is 10. The van der Waals surface area contributed by atoms with Gasteiger partial charge in [-0.3, -0.25) is 30.3 Å². The summed E-state index contributed by atoms with van der Waals surface area (Å²) in [5.41, 5.74) is -0.646. The quantitative estimate of drug-likeness (QED) is 0.0875. The summed E-state index contributed by atoms with van der Waals surface area (Å²) >= 11 is 0. The lowest BCUT2D eigenvalue weighted by Crippen LogP contribution is -2.09. The lowest BCUT2D eigenvalue weighted by atomic mass is 10.1. The van der Waals surface area contributed by atoms with E-state index in [4.69, 9.17) is 13.6 Å². The third kappa shape index (κ3) is 5.08. The van der Waals surface area contributed by atoms with Crippen LogP contribution in [0.25, 0.3) is 32.3 Å². The van der Waals surface area contributed by atoms with Crippen molar-refractivity contribution < 1.29 is 32.9 Å². The minimum atomic E-state index is -4.82. The van der Waals surface area contributed by atoms with E-state index in [0.717, 1.165) is 0 Å². The van der Waals surface area contributed by atoms with Crippen LogP contribution < -0.4 is 13.6 Å². The number of nitro benzene ring substituents is 3. The van der Waals surface area contributed by atoms with Crippen molar-refractivity contribution in [1.82, 2.24) is 0 Å². The van der Waals surface area contributed by atoms with Crippen molar-refractivity contribution in [2.75, 3.05) is 0 Å². The molecule has 0 unspecified atom stereocenters. The summed E-state index contributed by atoms with van der Waals surface area (Å²) in [6.45, 7) is 0. The fraction of sp³-hybridized carbons (Fsp3) is 0. The van der Waals surface area contributed by atoms with Crippen LogP contribution in [0, 0.1) is 30.3 Å². The Morgan fingerprint density at radius 2 is 0.659 bits per heavy atom. The van der Waals surface area contributed by atoms with Crippen LogP contribution in [0.2, 0.25) is 0 Å². The van der Waals surface area contributed by atoms with Crippen molar-refractivity contribution in [3.05, 3.63) is 140 Å². The van der Waals surface area contributed by atoms with Gasteiger partial charge in [0.2, 0.25) is 0 Å². The highest BCUT2D eigenvalue weighted by Gasteiger charge is 2.36. The minimum Gasteiger partial charge on any atom is -0.385 e. The molecule has 6 aromatic carbocycles. The van der Waals surface area contributed by atoms with Crippen LogP contribution in [-0.2, 0) is 4.57 Å². The number of benzene rings is 6. The van der Waals surface area contributed by atoms with E-state index in [-0.39, 0.29) is 66.6 Å². The van der Waals surface area contributed by atoms with Gasteiger partial charge >= 0.3 is 7.82 Å². The second kappa shape index (κ2) is 11.0. The van der Waals surface area contributed by atoms with Gasteiger partial charge in [0, 0.05) is 34.4 Å². The zero-order chi connectivity index (χ0) is 31.0. The molecule has 0 heterocycles. The number of rotatable bonds is 9. The second-order valence-electron chi connectivity index (χ2n) is 9.38. The molecule has 0 saturated carbocycles. The SMILES string of the molecule is O=[N+]([O-])c1ccc(OP(=O)(Oc2ccc([N+](=O)[O-])c3ccccc23)Oc2ccc([N+](=O)[O-])c3ccccc23)c2ccccc12. The number of nitro groups is 3. The maximum Gasteiger partial charge on any atom is 0.647 e. The lowest BCUT2D eigenvalue weighted by molar-refractivity contribution is -0.383. The highest BCUT2D eigenvalue weighted by atomic mass is 31.2. The molecule has 0 aromatic heterocycles. The molecule has 6 rings (SSSR count). The second-order valence-corrected chi connectivity index (χ2v) is 10.8. The van der Waals surface area contributed by atoms with Crippen molar-refractivity contribution in [1.29, 1.82) is 0 Å². The van der Waals surface area contributed by atoms with Crippen LogP contribution in [-0.4, -0.2) is 14.8 Å². The predicted molar refractivity (Wildman–Crippen MR) is 161 cm³/mol. The van der Waals surface area contributed by atoms with Crippen molar-refractivity contribution in [3.8, 4) is 17.2 Å².